The van der Waals surface area contributed by atoms with E-state index in [0.29, 0.717) is 17.8 Å². The zero-order valence-electron chi connectivity index (χ0n) is 12.7. The van der Waals surface area contributed by atoms with Gasteiger partial charge in [0.05, 0.1) is 24.1 Å². The zero-order valence-corrected chi connectivity index (χ0v) is 12.7. The molecule has 0 saturated carbocycles. The van der Waals surface area contributed by atoms with E-state index in [1.165, 1.54) is 6.42 Å². The average Bonchev–Trinajstić information content (AvgIpc) is 2.84. The molecule has 0 amide bonds. The highest BCUT2D eigenvalue weighted by Crippen LogP contribution is 2.29. The lowest BCUT2D eigenvalue weighted by atomic mass is 10.1. The van der Waals surface area contributed by atoms with E-state index in [0.717, 1.165) is 30.0 Å². The summed E-state index contributed by atoms with van der Waals surface area (Å²) in [7, 11) is 2.13. The summed E-state index contributed by atoms with van der Waals surface area (Å²) in [5.74, 6) is 1.26. The lowest BCUT2D eigenvalue weighted by molar-refractivity contribution is 0.311. The van der Waals surface area contributed by atoms with Gasteiger partial charge in [0.2, 0.25) is 5.95 Å². The first kappa shape index (κ1) is 13.9. The molecule has 0 spiro atoms. The first-order valence-electron chi connectivity index (χ1n) is 7.23. The first-order valence-corrected chi connectivity index (χ1v) is 7.23. The van der Waals surface area contributed by atoms with Gasteiger partial charge in [-0.2, -0.15) is 0 Å². The number of rotatable bonds is 3. The third-order valence-corrected chi connectivity index (χ3v) is 3.74. The Labute approximate surface area is 124 Å². The number of likely N-dealkylation sites (tertiary alicyclic amines) is 1. The predicted octanol–water partition coefficient (Wildman–Crippen LogP) is 2.39. The summed E-state index contributed by atoms with van der Waals surface area (Å²) in [6, 6.07) is 2.31. The van der Waals surface area contributed by atoms with Crippen molar-refractivity contribution in [3.05, 3.63) is 35.5 Å². The molecule has 1 fully saturated rings. The normalized spacial score (nSPS) is 18.9. The molecular weight excluding hydrogens is 264 g/mol. The fourth-order valence-electron chi connectivity index (χ4n) is 2.78. The summed E-state index contributed by atoms with van der Waals surface area (Å²) in [5.41, 5.74) is 2.87. The number of nitrogens with zero attached hydrogens (tertiary/aromatic N) is 5. The van der Waals surface area contributed by atoms with Gasteiger partial charge >= 0.3 is 0 Å². The molecule has 2 aromatic heterocycles. The number of anilines is 2. The SMILES string of the molecule is Cc1cc(C)nc(Nc2cncc([C@H]3CCCN3C)n2)n1. The summed E-state index contributed by atoms with van der Waals surface area (Å²) < 4.78 is 0. The molecule has 6 nitrogen and oxygen atoms in total. The van der Waals surface area contributed by atoms with Gasteiger partial charge in [0.1, 0.15) is 0 Å². The molecule has 21 heavy (non-hydrogen) atoms. The molecule has 6 heteroatoms. The van der Waals surface area contributed by atoms with E-state index >= 15 is 0 Å². The highest BCUT2D eigenvalue weighted by Gasteiger charge is 2.24. The number of aromatic nitrogens is 4. The summed E-state index contributed by atoms with van der Waals surface area (Å²) in [6.45, 7) is 5.02. The Hall–Kier alpha value is -2.08. The molecule has 110 valence electrons. The van der Waals surface area contributed by atoms with Gasteiger partial charge in [-0.25, -0.2) is 15.0 Å². The van der Waals surface area contributed by atoms with Gasteiger partial charge in [0, 0.05) is 11.4 Å². The topological polar surface area (TPSA) is 66.8 Å². The fraction of sp³-hybridized carbons (Fsp3) is 0.467. The maximum atomic E-state index is 4.66. The van der Waals surface area contributed by atoms with Crippen LogP contribution in [0.4, 0.5) is 11.8 Å². The summed E-state index contributed by atoms with van der Waals surface area (Å²) in [5, 5.41) is 3.15. The van der Waals surface area contributed by atoms with Gasteiger partial charge < -0.3 is 5.32 Å². The summed E-state index contributed by atoms with van der Waals surface area (Å²) >= 11 is 0. The van der Waals surface area contributed by atoms with E-state index in [2.05, 4.69) is 37.2 Å². The molecule has 0 aliphatic carbocycles. The molecule has 0 radical (unpaired) electrons. The molecule has 1 aliphatic heterocycles. The lowest BCUT2D eigenvalue weighted by Gasteiger charge is -2.18. The molecule has 0 bridgehead atoms. The van der Waals surface area contributed by atoms with Crippen LogP contribution in [-0.4, -0.2) is 38.4 Å². The van der Waals surface area contributed by atoms with E-state index in [4.69, 9.17) is 0 Å². The molecule has 3 heterocycles. The molecule has 0 aromatic carbocycles. The van der Waals surface area contributed by atoms with E-state index in [1.807, 2.05) is 26.1 Å². The van der Waals surface area contributed by atoms with Gasteiger partial charge in [0.25, 0.3) is 0 Å². The van der Waals surface area contributed by atoms with Gasteiger partial charge in [-0.15, -0.1) is 0 Å². The van der Waals surface area contributed by atoms with Crippen LogP contribution in [0.1, 0.15) is 36.0 Å². The predicted molar refractivity (Wildman–Crippen MR) is 81.4 cm³/mol. The van der Waals surface area contributed by atoms with Gasteiger partial charge in [-0.05, 0) is 46.3 Å². The van der Waals surface area contributed by atoms with Crippen molar-refractivity contribution in [2.45, 2.75) is 32.7 Å². The highest BCUT2D eigenvalue weighted by atomic mass is 15.2. The zero-order chi connectivity index (χ0) is 14.8. The van der Waals surface area contributed by atoms with Crippen molar-refractivity contribution in [1.82, 2.24) is 24.8 Å². The lowest BCUT2D eigenvalue weighted by Crippen LogP contribution is -2.19. The van der Waals surface area contributed by atoms with Crippen LogP contribution in [0.15, 0.2) is 18.5 Å². The molecule has 1 aliphatic rings. The minimum atomic E-state index is 0.361. The van der Waals surface area contributed by atoms with Crippen LogP contribution in [0.3, 0.4) is 0 Å². The Morgan fingerprint density at radius 3 is 2.57 bits per heavy atom. The van der Waals surface area contributed by atoms with Gasteiger partial charge in [-0.1, -0.05) is 0 Å². The smallest absolute Gasteiger partial charge is 0.228 e. The van der Waals surface area contributed by atoms with E-state index < -0.39 is 0 Å². The van der Waals surface area contributed by atoms with Crippen LogP contribution in [0, 0.1) is 13.8 Å². The first-order chi connectivity index (χ1) is 10.1. The van der Waals surface area contributed by atoms with Crippen molar-refractivity contribution in [2.75, 3.05) is 18.9 Å². The third-order valence-electron chi connectivity index (χ3n) is 3.74. The molecule has 1 N–H and O–H groups in total. The second kappa shape index (κ2) is 5.73. The number of hydrogen-bond acceptors (Lipinski definition) is 6. The Bertz CT molecular complexity index is 622. The summed E-state index contributed by atoms with van der Waals surface area (Å²) in [6.07, 6.45) is 5.90. The second-order valence-corrected chi connectivity index (χ2v) is 5.57. The minimum Gasteiger partial charge on any atom is -0.307 e. The Morgan fingerprint density at radius 1 is 1.14 bits per heavy atom. The molecule has 1 saturated heterocycles. The van der Waals surface area contributed by atoms with Crippen molar-refractivity contribution in [1.29, 1.82) is 0 Å². The number of aryl methyl sites for hydroxylation is 2. The van der Waals surface area contributed by atoms with E-state index in [1.54, 1.807) is 6.20 Å². The van der Waals surface area contributed by atoms with Crippen molar-refractivity contribution >= 4 is 11.8 Å². The quantitative estimate of drug-likeness (QED) is 0.933. The standard InChI is InChI=1S/C15H20N6/c1-10-7-11(2)18-15(17-10)20-14-9-16-8-12(19-14)13-5-4-6-21(13)3/h7-9,13H,4-6H2,1-3H3,(H,17,18,19,20)/t13-/m1/s1. The van der Waals surface area contributed by atoms with Crippen molar-refractivity contribution < 1.29 is 0 Å². The molecule has 1 atom stereocenters. The van der Waals surface area contributed by atoms with Gasteiger partial charge in [-0.3, -0.25) is 9.88 Å². The van der Waals surface area contributed by atoms with Crippen molar-refractivity contribution in [3.8, 4) is 0 Å². The molecule has 3 rings (SSSR count). The largest absolute Gasteiger partial charge is 0.307 e. The number of hydrogen-bond donors (Lipinski definition) is 1. The van der Waals surface area contributed by atoms with Crippen LogP contribution >= 0.6 is 0 Å². The Balaban J connectivity index is 1.82. The van der Waals surface area contributed by atoms with E-state index in [-0.39, 0.29) is 0 Å². The highest BCUT2D eigenvalue weighted by molar-refractivity contribution is 5.46. The monoisotopic (exact) mass is 284 g/mol. The second-order valence-electron chi connectivity index (χ2n) is 5.57. The van der Waals surface area contributed by atoms with Crippen LogP contribution in [0.25, 0.3) is 0 Å². The average molecular weight is 284 g/mol. The van der Waals surface area contributed by atoms with Crippen LogP contribution in [0.5, 0.6) is 0 Å². The maximum Gasteiger partial charge on any atom is 0.228 e. The summed E-state index contributed by atoms with van der Waals surface area (Å²) in [4.78, 5) is 20.0. The minimum absolute atomic E-state index is 0.361. The van der Waals surface area contributed by atoms with Crippen LogP contribution < -0.4 is 5.32 Å². The van der Waals surface area contributed by atoms with E-state index in [9.17, 15) is 0 Å². The van der Waals surface area contributed by atoms with Crippen LogP contribution in [-0.2, 0) is 0 Å². The maximum absolute atomic E-state index is 4.66. The fourth-order valence-corrected chi connectivity index (χ4v) is 2.78. The molecule has 0 unspecified atom stereocenters. The molecular formula is C15H20N6. The Morgan fingerprint density at radius 2 is 1.90 bits per heavy atom. The Kier molecular flexibility index (Phi) is 3.79. The van der Waals surface area contributed by atoms with Crippen molar-refractivity contribution in [3.63, 3.8) is 0 Å². The van der Waals surface area contributed by atoms with Crippen LogP contribution in [0.2, 0.25) is 0 Å². The number of nitrogens with one attached hydrogen (secondary N) is 1. The van der Waals surface area contributed by atoms with Gasteiger partial charge in [0.15, 0.2) is 5.82 Å². The van der Waals surface area contributed by atoms with Crippen molar-refractivity contribution in [2.24, 2.45) is 0 Å². The third kappa shape index (κ3) is 3.16. The molecule has 2 aromatic rings.